The maximum Gasteiger partial charge on any atom is 0.257 e. The van der Waals surface area contributed by atoms with Gasteiger partial charge in [0, 0.05) is 13.1 Å². The second-order valence-electron chi connectivity index (χ2n) is 5.72. The van der Waals surface area contributed by atoms with Crippen molar-refractivity contribution >= 4 is 11.8 Å². The van der Waals surface area contributed by atoms with Gasteiger partial charge in [-0.05, 0) is 18.1 Å². The molecule has 0 saturated carbocycles. The molecule has 1 aromatic carbocycles. The minimum Gasteiger partial charge on any atom is -0.472 e. The number of nitrogens with zero attached hydrogens (tertiary/aromatic N) is 1. The molecule has 1 heterocycles. The zero-order chi connectivity index (χ0) is 17.2. The van der Waals surface area contributed by atoms with Crippen LogP contribution in [0.5, 0.6) is 0 Å². The molecule has 1 aromatic heterocycles. The van der Waals surface area contributed by atoms with Crippen molar-refractivity contribution in [3.05, 3.63) is 60.1 Å². The number of carbonyl (C=O) groups excluding carboxylic acids is 2. The van der Waals surface area contributed by atoms with Gasteiger partial charge in [-0.25, -0.2) is 0 Å². The Morgan fingerprint density at radius 3 is 2.58 bits per heavy atom. The second kappa shape index (κ2) is 9.55. The summed E-state index contributed by atoms with van der Waals surface area (Å²) in [4.78, 5) is 26.3. The molecule has 0 saturated heterocycles. The first-order valence-corrected chi connectivity index (χ1v) is 8.32. The highest BCUT2D eigenvalue weighted by Crippen LogP contribution is 2.10. The van der Waals surface area contributed by atoms with Crippen LogP contribution in [0.1, 0.15) is 42.1 Å². The number of hydrogen-bond acceptors (Lipinski definition) is 3. The summed E-state index contributed by atoms with van der Waals surface area (Å²) in [6, 6.07) is 11.2. The van der Waals surface area contributed by atoms with Crippen molar-refractivity contribution in [2.75, 3.05) is 13.1 Å². The normalized spacial score (nSPS) is 10.4. The fraction of sp³-hybridized carbons (Fsp3) is 0.368. The molecule has 24 heavy (non-hydrogen) atoms. The van der Waals surface area contributed by atoms with Gasteiger partial charge in [0.05, 0.1) is 11.8 Å². The Balaban J connectivity index is 1.99. The molecule has 0 bridgehead atoms. The predicted octanol–water partition coefficient (Wildman–Crippen LogP) is 3.23. The lowest BCUT2D eigenvalue weighted by Gasteiger charge is -2.22. The smallest absolute Gasteiger partial charge is 0.257 e. The van der Waals surface area contributed by atoms with Crippen LogP contribution >= 0.6 is 0 Å². The molecule has 0 spiro atoms. The highest BCUT2D eigenvalue weighted by molar-refractivity contribution is 5.96. The van der Waals surface area contributed by atoms with Gasteiger partial charge in [-0.3, -0.25) is 9.59 Å². The quantitative estimate of drug-likeness (QED) is 0.719. The fourth-order valence-electron chi connectivity index (χ4n) is 2.40. The Kier molecular flexibility index (Phi) is 7.08. The van der Waals surface area contributed by atoms with Crippen molar-refractivity contribution in [1.29, 1.82) is 0 Å². The molecule has 0 atom stereocenters. The summed E-state index contributed by atoms with van der Waals surface area (Å²) < 4.78 is 4.98. The third-order valence-corrected chi connectivity index (χ3v) is 3.71. The lowest BCUT2D eigenvalue weighted by molar-refractivity contribution is -0.121. The van der Waals surface area contributed by atoms with Crippen LogP contribution in [0.3, 0.4) is 0 Å². The molecule has 2 rings (SSSR count). The second-order valence-corrected chi connectivity index (χ2v) is 5.72. The third kappa shape index (κ3) is 5.57. The molecule has 5 heteroatoms. The molecule has 0 aliphatic rings. The minimum atomic E-state index is -0.212. The van der Waals surface area contributed by atoms with Gasteiger partial charge >= 0.3 is 0 Å². The molecule has 128 valence electrons. The van der Waals surface area contributed by atoms with E-state index in [4.69, 9.17) is 4.42 Å². The summed E-state index contributed by atoms with van der Waals surface area (Å²) >= 11 is 0. The van der Waals surface area contributed by atoms with E-state index in [2.05, 4.69) is 12.2 Å². The van der Waals surface area contributed by atoms with Crippen LogP contribution in [0.25, 0.3) is 0 Å². The number of carbonyl (C=O) groups is 2. The van der Waals surface area contributed by atoms with Gasteiger partial charge in [-0.1, -0.05) is 50.1 Å². The topological polar surface area (TPSA) is 62.6 Å². The Morgan fingerprint density at radius 1 is 1.12 bits per heavy atom. The van der Waals surface area contributed by atoms with E-state index in [9.17, 15) is 9.59 Å². The zero-order valence-corrected chi connectivity index (χ0v) is 14.0. The van der Waals surface area contributed by atoms with E-state index in [0.29, 0.717) is 18.7 Å². The minimum absolute atomic E-state index is 0.0328. The van der Waals surface area contributed by atoms with E-state index < -0.39 is 0 Å². The molecule has 0 aliphatic carbocycles. The summed E-state index contributed by atoms with van der Waals surface area (Å²) in [6.45, 7) is 3.18. The lowest BCUT2D eigenvalue weighted by Crippen LogP contribution is -2.40. The average molecular weight is 328 g/mol. The number of furan rings is 1. The van der Waals surface area contributed by atoms with Crippen LogP contribution in [0.2, 0.25) is 0 Å². The molecule has 0 radical (unpaired) electrons. The molecule has 0 fully saturated rings. The molecular weight excluding hydrogens is 304 g/mol. The summed E-state index contributed by atoms with van der Waals surface area (Å²) in [5.74, 6) is -0.352. The first kappa shape index (κ1) is 17.8. The van der Waals surface area contributed by atoms with Gasteiger partial charge in [-0.2, -0.15) is 0 Å². The first-order valence-electron chi connectivity index (χ1n) is 8.32. The monoisotopic (exact) mass is 328 g/mol. The van der Waals surface area contributed by atoms with E-state index in [1.165, 1.54) is 17.4 Å². The predicted molar refractivity (Wildman–Crippen MR) is 92.4 cm³/mol. The molecule has 2 aromatic rings. The Labute approximate surface area is 142 Å². The van der Waals surface area contributed by atoms with Crippen LogP contribution in [0.15, 0.2) is 53.3 Å². The summed E-state index contributed by atoms with van der Waals surface area (Å²) in [5.41, 5.74) is 1.43. The van der Waals surface area contributed by atoms with Gasteiger partial charge in [0.2, 0.25) is 5.91 Å². The molecule has 0 unspecified atom stereocenters. The van der Waals surface area contributed by atoms with Crippen molar-refractivity contribution < 1.29 is 14.0 Å². The molecule has 2 amide bonds. The first-order chi connectivity index (χ1) is 11.7. The third-order valence-electron chi connectivity index (χ3n) is 3.71. The molecule has 0 aliphatic heterocycles. The number of nitrogens with one attached hydrogen (secondary N) is 1. The maximum atomic E-state index is 12.6. The molecule has 1 N–H and O–H groups in total. The number of amides is 2. The highest BCUT2D eigenvalue weighted by Gasteiger charge is 2.20. The Bertz CT molecular complexity index is 623. The van der Waals surface area contributed by atoms with Crippen LogP contribution < -0.4 is 5.32 Å². The van der Waals surface area contributed by atoms with Crippen LogP contribution in [0.4, 0.5) is 0 Å². The van der Waals surface area contributed by atoms with Crippen molar-refractivity contribution in [2.24, 2.45) is 0 Å². The van der Waals surface area contributed by atoms with Gasteiger partial charge in [0.15, 0.2) is 0 Å². The van der Waals surface area contributed by atoms with Gasteiger partial charge < -0.3 is 14.6 Å². The van der Waals surface area contributed by atoms with E-state index in [-0.39, 0.29) is 18.4 Å². The Morgan fingerprint density at radius 2 is 1.92 bits per heavy atom. The van der Waals surface area contributed by atoms with E-state index in [0.717, 1.165) is 24.8 Å². The fourth-order valence-corrected chi connectivity index (χ4v) is 2.40. The van der Waals surface area contributed by atoms with Crippen LogP contribution in [0, 0.1) is 0 Å². The zero-order valence-electron chi connectivity index (χ0n) is 14.0. The maximum absolute atomic E-state index is 12.6. The number of benzene rings is 1. The highest BCUT2D eigenvalue weighted by atomic mass is 16.3. The van der Waals surface area contributed by atoms with Crippen molar-refractivity contribution in [2.45, 2.75) is 32.7 Å². The number of rotatable bonds is 9. The largest absolute Gasteiger partial charge is 0.472 e. The van der Waals surface area contributed by atoms with Crippen LogP contribution in [-0.2, 0) is 11.3 Å². The van der Waals surface area contributed by atoms with Crippen molar-refractivity contribution in [3.63, 3.8) is 0 Å². The summed E-state index contributed by atoms with van der Waals surface area (Å²) in [7, 11) is 0. The van der Waals surface area contributed by atoms with E-state index in [1.54, 1.807) is 6.07 Å². The van der Waals surface area contributed by atoms with E-state index in [1.807, 2.05) is 30.3 Å². The Hall–Kier alpha value is -2.56. The summed E-state index contributed by atoms with van der Waals surface area (Å²) in [5, 5.41) is 2.88. The number of unbranched alkanes of at least 4 members (excludes halogenated alkanes) is 2. The molecular formula is C19H24N2O3. The lowest BCUT2D eigenvalue weighted by atomic mass is 10.2. The van der Waals surface area contributed by atoms with Gasteiger partial charge in [-0.15, -0.1) is 0 Å². The van der Waals surface area contributed by atoms with Crippen molar-refractivity contribution in [1.82, 2.24) is 10.2 Å². The van der Waals surface area contributed by atoms with E-state index >= 15 is 0 Å². The SMILES string of the molecule is CCCCCNC(=O)CN(Cc1ccccc1)C(=O)c1ccoc1. The van der Waals surface area contributed by atoms with Crippen LogP contribution in [-0.4, -0.2) is 29.8 Å². The van der Waals surface area contributed by atoms with Crippen molar-refractivity contribution in [3.8, 4) is 0 Å². The van der Waals surface area contributed by atoms with Gasteiger partial charge in [0.25, 0.3) is 5.91 Å². The standard InChI is InChI=1S/C19H24N2O3/c1-2-3-7-11-20-18(22)14-21(13-16-8-5-4-6-9-16)19(23)17-10-12-24-15-17/h4-6,8-10,12,15H,2-3,7,11,13-14H2,1H3,(H,20,22). The number of hydrogen-bond donors (Lipinski definition) is 1. The van der Waals surface area contributed by atoms with Gasteiger partial charge in [0.1, 0.15) is 12.8 Å². The summed E-state index contributed by atoms with van der Waals surface area (Å²) in [6.07, 6.45) is 6.01. The molecule has 5 nitrogen and oxygen atoms in total. The average Bonchev–Trinajstić information content (AvgIpc) is 3.13.